The van der Waals surface area contributed by atoms with Gasteiger partial charge < -0.3 is 10.1 Å². The third-order valence-corrected chi connectivity index (χ3v) is 5.76. The van der Waals surface area contributed by atoms with E-state index >= 15 is 0 Å². The number of anilines is 1. The van der Waals surface area contributed by atoms with E-state index in [1.165, 1.54) is 18.2 Å². The van der Waals surface area contributed by atoms with Gasteiger partial charge in [-0.1, -0.05) is 25.1 Å². The summed E-state index contributed by atoms with van der Waals surface area (Å²) in [5, 5.41) is 13.9. The molecule has 0 fully saturated rings. The van der Waals surface area contributed by atoms with Crippen molar-refractivity contribution in [1.82, 2.24) is 5.32 Å². The summed E-state index contributed by atoms with van der Waals surface area (Å²) in [4.78, 5) is 23.4. The average molecular weight is 436 g/mol. The number of rotatable bonds is 9. The highest BCUT2D eigenvalue weighted by molar-refractivity contribution is 7.92. The SMILES string of the molecule is CC[C@@H](C(=O)NCc1ccc(OC)cc1)N(c1cc([N+](=O)[O-])ccc1C)S(C)(=O)=O. The molecule has 30 heavy (non-hydrogen) atoms. The van der Waals surface area contributed by atoms with E-state index in [-0.39, 0.29) is 24.3 Å². The highest BCUT2D eigenvalue weighted by atomic mass is 32.2. The van der Waals surface area contributed by atoms with E-state index in [1.54, 1.807) is 45.2 Å². The smallest absolute Gasteiger partial charge is 0.271 e. The number of nitro benzene ring substituents is 1. The molecule has 9 nitrogen and oxygen atoms in total. The standard InChI is InChI=1S/C20H25N3O6S/c1-5-18(20(24)21-13-15-7-10-17(29-3)11-8-15)22(30(4,27)28)19-12-16(23(25)26)9-6-14(19)2/h6-12,18H,5,13H2,1-4H3,(H,21,24)/t18-/m0/s1. The molecule has 2 aromatic rings. The van der Waals surface area contributed by atoms with E-state index in [2.05, 4.69) is 5.32 Å². The second kappa shape index (κ2) is 9.57. The highest BCUT2D eigenvalue weighted by Gasteiger charge is 2.33. The molecular weight excluding hydrogens is 410 g/mol. The first-order valence-electron chi connectivity index (χ1n) is 9.23. The van der Waals surface area contributed by atoms with Crippen molar-refractivity contribution >= 4 is 27.3 Å². The van der Waals surface area contributed by atoms with Gasteiger partial charge in [-0.15, -0.1) is 0 Å². The zero-order valence-electron chi connectivity index (χ0n) is 17.3. The highest BCUT2D eigenvalue weighted by Crippen LogP contribution is 2.30. The normalized spacial score (nSPS) is 12.1. The zero-order chi connectivity index (χ0) is 22.5. The topological polar surface area (TPSA) is 119 Å². The fourth-order valence-electron chi connectivity index (χ4n) is 3.03. The maximum Gasteiger partial charge on any atom is 0.271 e. The number of nitrogens with zero attached hydrogens (tertiary/aromatic N) is 2. The predicted molar refractivity (Wildman–Crippen MR) is 114 cm³/mol. The van der Waals surface area contributed by atoms with Crippen LogP contribution in [-0.2, 0) is 21.4 Å². The van der Waals surface area contributed by atoms with Crippen LogP contribution in [0.3, 0.4) is 0 Å². The van der Waals surface area contributed by atoms with Crippen molar-refractivity contribution in [3.8, 4) is 5.75 Å². The minimum Gasteiger partial charge on any atom is -0.497 e. The number of methoxy groups -OCH3 is 1. The lowest BCUT2D eigenvalue weighted by Crippen LogP contribution is -2.49. The number of carbonyl (C=O) groups excluding carboxylic acids is 1. The molecule has 1 atom stereocenters. The van der Waals surface area contributed by atoms with Gasteiger partial charge in [-0.2, -0.15) is 0 Å². The van der Waals surface area contributed by atoms with Crippen molar-refractivity contribution < 1.29 is 22.9 Å². The molecule has 0 bridgehead atoms. The predicted octanol–water partition coefficient (Wildman–Crippen LogP) is 2.77. The van der Waals surface area contributed by atoms with E-state index < -0.39 is 26.9 Å². The lowest BCUT2D eigenvalue weighted by molar-refractivity contribution is -0.384. The lowest BCUT2D eigenvalue weighted by atomic mass is 10.1. The first-order valence-corrected chi connectivity index (χ1v) is 11.1. The Morgan fingerprint density at radius 2 is 1.87 bits per heavy atom. The van der Waals surface area contributed by atoms with Crippen LogP contribution in [0, 0.1) is 17.0 Å². The Hall–Kier alpha value is -3.14. The molecule has 0 saturated heterocycles. The number of non-ortho nitro benzene ring substituents is 1. The summed E-state index contributed by atoms with van der Waals surface area (Å²) >= 11 is 0. The van der Waals surface area contributed by atoms with Gasteiger partial charge in [0.2, 0.25) is 15.9 Å². The third-order valence-electron chi connectivity index (χ3n) is 4.60. The van der Waals surface area contributed by atoms with E-state index in [9.17, 15) is 23.3 Å². The molecule has 0 spiro atoms. The number of nitro groups is 1. The van der Waals surface area contributed by atoms with E-state index in [4.69, 9.17) is 4.74 Å². The number of amides is 1. The van der Waals surface area contributed by atoms with Crippen LogP contribution in [-0.4, -0.2) is 38.7 Å². The molecule has 0 aliphatic carbocycles. The number of sulfonamides is 1. The summed E-state index contributed by atoms with van der Waals surface area (Å²) in [6.07, 6.45) is 1.16. The molecule has 0 aromatic heterocycles. The van der Waals surface area contributed by atoms with Crippen molar-refractivity contribution in [2.75, 3.05) is 17.7 Å². The molecule has 0 radical (unpaired) electrons. The Kier molecular flexibility index (Phi) is 7.38. The van der Waals surface area contributed by atoms with E-state index in [0.717, 1.165) is 16.1 Å². The fraction of sp³-hybridized carbons (Fsp3) is 0.350. The maximum atomic E-state index is 12.9. The Balaban J connectivity index is 2.33. The number of hydrogen-bond donors (Lipinski definition) is 1. The molecule has 1 N–H and O–H groups in total. The van der Waals surface area contributed by atoms with Gasteiger partial charge in [-0.05, 0) is 36.6 Å². The molecule has 0 unspecified atom stereocenters. The van der Waals surface area contributed by atoms with Crippen LogP contribution in [0.5, 0.6) is 5.75 Å². The summed E-state index contributed by atoms with van der Waals surface area (Å²) < 4.78 is 31.2. The minimum absolute atomic E-state index is 0.109. The molecule has 0 saturated carbocycles. The van der Waals surface area contributed by atoms with Crippen molar-refractivity contribution in [2.24, 2.45) is 0 Å². The summed E-state index contributed by atoms with van der Waals surface area (Å²) in [5.74, 6) is 0.186. The number of benzene rings is 2. The monoisotopic (exact) mass is 435 g/mol. The van der Waals surface area contributed by atoms with Gasteiger partial charge >= 0.3 is 0 Å². The maximum absolute atomic E-state index is 12.9. The molecule has 2 rings (SSSR count). The van der Waals surface area contributed by atoms with Gasteiger partial charge in [0.1, 0.15) is 11.8 Å². The van der Waals surface area contributed by atoms with Crippen LogP contribution in [0.25, 0.3) is 0 Å². The second-order valence-electron chi connectivity index (χ2n) is 6.78. The van der Waals surface area contributed by atoms with Gasteiger partial charge in [0.15, 0.2) is 0 Å². The molecule has 0 aliphatic heterocycles. The zero-order valence-corrected chi connectivity index (χ0v) is 18.1. The largest absolute Gasteiger partial charge is 0.497 e. The minimum atomic E-state index is -3.90. The average Bonchev–Trinajstić information content (AvgIpc) is 2.70. The Labute approximate surface area is 175 Å². The fourth-order valence-corrected chi connectivity index (χ4v) is 4.30. The third kappa shape index (κ3) is 5.47. The molecular formula is C20H25N3O6S. The Morgan fingerprint density at radius 3 is 2.37 bits per heavy atom. The molecule has 0 aliphatic rings. The summed E-state index contributed by atoms with van der Waals surface area (Å²) in [6.45, 7) is 3.52. The van der Waals surface area contributed by atoms with Crippen LogP contribution in [0.15, 0.2) is 42.5 Å². The van der Waals surface area contributed by atoms with Crippen LogP contribution >= 0.6 is 0 Å². The van der Waals surface area contributed by atoms with Gasteiger partial charge in [-0.3, -0.25) is 19.2 Å². The number of nitrogens with one attached hydrogen (secondary N) is 1. The Morgan fingerprint density at radius 1 is 1.23 bits per heavy atom. The second-order valence-corrected chi connectivity index (χ2v) is 8.64. The number of hydrogen-bond acceptors (Lipinski definition) is 6. The number of aryl methyl sites for hydroxylation is 1. The quantitative estimate of drug-likeness (QED) is 0.478. The molecule has 162 valence electrons. The van der Waals surface area contributed by atoms with E-state index in [1.807, 2.05) is 0 Å². The molecule has 10 heteroatoms. The van der Waals surface area contributed by atoms with Crippen molar-refractivity contribution in [3.63, 3.8) is 0 Å². The van der Waals surface area contributed by atoms with E-state index in [0.29, 0.717) is 11.3 Å². The first kappa shape index (κ1) is 23.1. The van der Waals surface area contributed by atoms with Gasteiger partial charge in [0, 0.05) is 18.7 Å². The molecule has 0 heterocycles. The summed E-state index contributed by atoms with van der Waals surface area (Å²) in [6, 6.07) is 9.98. The van der Waals surface area contributed by atoms with Crippen molar-refractivity contribution in [1.29, 1.82) is 0 Å². The summed E-state index contributed by atoms with van der Waals surface area (Å²) in [5.41, 5.74) is 1.18. The van der Waals surface area contributed by atoms with Crippen molar-refractivity contribution in [2.45, 2.75) is 32.9 Å². The van der Waals surface area contributed by atoms with Gasteiger partial charge in [-0.25, -0.2) is 8.42 Å². The van der Waals surface area contributed by atoms with Crippen LogP contribution in [0.2, 0.25) is 0 Å². The van der Waals surface area contributed by atoms with Gasteiger partial charge in [0.25, 0.3) is 5.69 Å². The summed E-state index contributed by atoms with van der Waals surface area (Å²) in [7, 11) is -2.34. The first-order chi connectivity index (χ1) is 14.1. The molecule has 2 aromatic carbocycles. The van der Waals surface area contributed by atoms with Crippen LogP contribution in [0.1, 0.15) is 24.5 Å². The number of carbonyl (C=O) groups is 1. The molecule has 1 amide bonds. The Bertz CT molecular complexity index is 1020. The van der Waals surface area contributed by atoms with Gasteiger partial charge in [0.05, 0.1) is 24.0 Å². The lowest BCUT2D eigenvalue weighted by Gasteiger charge is -2.31. The number of ether oxygens (including phenoxy) is 1. The van der Waals surface area contributed by atoms with Crippen LogP contribution in [0.4, 0.5) is 11.4 Å². The van der Waals surface area contributed by atoms with Crippen molar-refractivity contribution in [3.05, 3.63) is 63.7 Å². The van der Waals surface area contributed by atoms with Crippen LogP contribution < -0.4 is 14.4 Å².